The number of piperidine rings is 1. The topological polar surface area (TPSA) is 79.0 Å². The lowest BCUT2D eigenvalue weighted by atomic mass is 10.0. The molecule has 0 radical (unpaired) electrons. The highest BCUT2D eigenvalue weighted by Crippen LogP contribution is 2.26. The molecule has 1 atom stereocenters. The molecule has 1 aromatic rings. The van der Waals surface area contributed by atoms with Crippen molar-refractivity contribution in [3.05, 3.63) is 29.3 Å². The van der Waals surface area contributed by atoms with Crippen molar-refractivity contribution in [3.8, 4) is 5.75 Å². The summed E-state index contributed by atoms with van der Waals surface area (Å²) in [6.07, 6.45) is 1.66. The van der Waals surface area contributed by atoms with E-state index in [1.807, 2.05) is 20.8 Å². The van der Waals surface area contributed by atoms with E-state index in [1.54, 1.807) is 34.1 Å². The Balaban J connectivity index is 1.41. The second-order valence-electron chi connectivity index (χ2n) is 8.98. The number of carbonyl (C=O) groups excluding carboxylic acids is 3. The van der Waals surface area contributed by atoms with Crippen LogP contribution in [-0.2, 0) is 14.4 Å². The number of hydrogen-bond donors (Lipinski definition) is 1. The number of carbonyl (C=O) groups is 3. The Labute approximate surface area is 182 Å². The first-order chi connectivity index (χ1) is 14.1. The van der Waals surface area contributed by atoms with Crippen molar-refractivity contribution in [1.82, 2.24) is 15.1 Å². The van der Waals surface area contributed by atoms with E-state index in [0.717, 1.165) is 0 Å². The second-order valence-corrected chi connectivity index (χ2v) is 9.42. The van der Waals surface area contributed by atoms with E-state index in [9.17, 15) is 14.4 Å². The van der Waals surface area contributed by atoms with Crippen molar-refractivity contribution < 1.29 is 19.1 Å². The van der Waals surface area contributed by atoms with Crippen LogP contribution in [0.5, 0.6) is 5.75 Å². The Bertz CT molecular complexity index is 783. The van der Waals surface area contributed by atoms with Crippen molar-refractivity contribution in [2.24, 2.45) is 5.92 Å². The molecule has 2 aliphatic rings. The lowest BCUT2D eigenvalue weighted by molar-refractivity contribution is -0.135. The smallest absolute Gasteiger partial charge is 0.260 e. The molecular weight excluding hydrogens is 406 g/mol. The standard InChI is InChI=1S/C22H30ClN3O4/c1-22(2,3)26-13-15(12-19(26)27)21(29)24-17-8-10-25(11-9-17)20(28)14-30-18-6-4-16(23)5-7-18/h4-7,15,17H,8-14H2,1-3H3,(H,24,29). The molecule has 2 aliphatic heterocycles. The van der Waals surface area contributed by atoms with Gasteiger partial charge < -0.3 is 19.9 Å². The zero-order valence-corrected chi connectivity index (χ0v) is 18.6. The lowest BCUT2D eigenvalue weighted by Crippen LogP contribution is -2.49. The van der Waals surface area contributed by atoms with Crippen LogP contribution in [-0.4, -0.2) is 65.3 Å². The average Bonchev–Trinajstić information content (AvgIpc) is 3.10. The highest BCUT2D eigenvalue weighted by molar-refractivity contribution is 6.30. The van der Waals surface area contributed by atoms with Gasteiger partial charge in [0.1, 0.15) is 5.75 Å². The first-order valence-corrected chi connectivity index (χ1v) is 10.8. The summed E-state index contributed by atoms with van der Waals surface area (Å²) in [7, 11) is 0. The molecule has 1 aromatic carbocycles. The Morgan fingerprint density at radius 1 is 1.17 bits per heavy atom. The quantitative estimate of drug-likeness (QED) is 0.770. The van der Waals surface area contributed by atoms with E-state index in [0.29, 0.717) is 43.2 Å². The minimum atomic E-state index is -0.302. The van der Waals surface area contributed by atoms with Gasteiger partial charge in [0.25, 0.3) is 5.91 Å². The second kappa shape index (κ2) is 9.25. The molecule has 0 spiro atoms. The summed E-state index contributed by atoms with van der Waals surface area (Å²) in [5.74, 6) is 0.195. The van der Waals surface area contributed by atoms with Crippen LogP contribution in [0.25, 0.3) is 0 Å². The van der Waals surface area contributed by atoms with Crippen LogP contribution >= 0.6 is 11.6 Å². The van der Waals surface area contributed by atoms with Crippen molar-refractivity contribution in [2.45, 2.75) is 51.6 Å². The zero-order chi connectivity index (χ0) is 21.9. The van der Waals surface area contributed by atoms with Crippen molar-refractivity contribution in [2.75, 3.05) is 26.2 Å². The lowest BCUT2D eigenvalue weighted by Gasteiger charge is -2.33. The average molecular weight is 436 g/mol. The molecule has 0 aromatic heterocycles. The fraction of sp³-hybridized carbons (Fsp3) is 0.591. The third kappa shape index (κ3) is 5.65. The van der Waals surface area contributed by atoms with Gasteiger partial charge in [-0.15, -0.1) is 0 Å². The highest BCUT2D eigenvalue weighted by atomic mass is 35.5. The number of nitrogens with zero attached hydrogens (tertiary/aromatic N) is 2. The van der Waals surface area contributed by atoms with Gasteiger partial charge >= 0.3 is 0 Å². The molecule has 164 valence electrons. The van der Waals surface area contributed by atoms with Crippen LogP contribution in [0.3, 0.4) is 0 Å². The summed E-state index contributed by atoms with van der Waals surface area (Å²) in [5, 5.41) is 3.69. The maximum absolute atomic E-state index is 12.6. The third-order valence-electron chi connectivity index (χ3n) is 5.68. The van der Waals surface area contributed by atoms with E-state index in [1.165, 1.54) is 0 Å². The van der Waals surface area contributed by atoms with Crippen LogP contribution in [0.4, 0.5) is 0 Å². The van der Waals surface area contributed by atoms with E-state index >= 15 is 0 Å². The number of hydrogen-bond acceptors (Lipinski definition) is 4. The van der Waals surface area contributed by atoms with Gasteiger partial charge in [-0.2, -0.15) is 0 Å². The van der Waals surface area contributed by atoms with E-state index < -0.39 is 0 Å². The molecule has 2 heterocycles. The Kier molecular flexibility index (Phi) is 6.91. The number of halogens is 1. The molecule has 3 amide bonds. The Morgan fingerprint density at radius 2 is 1.80 bits per heavy atom. The van der Waals surface area contributed by atoms with Crippen molar-refractivity contribution >= 4 is 29.3 Å². The van der Waals surface area contributed by atoms with Crippen molar-refractivity contribution in [3.63, 3.8) is 0 Å². The van der Waals surface area contributed by atoms with Crippen LogP contribution in [0.15, 0.2) is 24.3 Å². The van der Waals surface area contributed by atoms with Crippen molar-refractivity contribution in [1.29, 1.82) is 0 Å². The summed E-state index contributed by atoms with van der Waals surface area (Å²) in [6, 6.07) is 6.91. The molecular formula is C22H30ClN3O4. The molecule has 2 fully saturated rings. The first-order valence-electron chi connectivity index (χ1n) is 10.4. The number of likely N-dealkylation sites (tertiary alicyclic amines) is 2. The molecule has 3 rings (SSSR count). The van der Waals surface area contributed by atoms with Gasteiger partial charge in [0, 0.05) is 42.7 Å². The molecule has 0 aliphatic carbocycles. The largest absolute Gasteiger partial charge is 0.484 e. The van der Waals surface area contributed by atoms with E-state index in [-0.39, 0.29) is 48.2 Å². The number of ether oxygens (including phenoxy) is 1. The van der Waals surface area contributed by atoms with Crippen LogP contribution in [0.2, 0.25) is 5.02 Å². The molecule has 2 saturated heterocycles. The molecule has 8 heteroatoms. The molecule has 0 bridgehead atoms. The van der Waals surface area contributed by atoms with Crippen LogP contribution in [0.1, 0.15) is 40.0 Å². The van der Waals surface area contributed by atoms with E-state index in [2.05, 4.69) is 5.32 Å². The minimum absolute atomic E-state index is 0.0223. The third-order valence-corrected chi connectivity index (χ3v) is 5.93. The summed E-state index contributed by atoms with van der Waals surface area (Å²) >= 11 is 5.84. The number of benzene rings is 1. The molecule has 0 saturated carbocycles. The highest BCUT2D eigenvalue weighted by Gasteiger charge is 2.40. The minimum Gasteiger partial charge on any atom is -0.484 e. The number of rotatable bonds is 5. The fourth-order valence-electron chi connectivity index (χ4n) is 3.89. The maximum atomic E-state index is 12.6. The SMILES string of the molecule is CC(C)(C)N1CC(C(=O)NC2CCN(C(=O)COc3ccc(Cl)cc3)CC2)CC1=O. The van der Waals surface area contributed by atoms with Gasteiger partial charge in [-0.3, -0.25) is 14.4 Å². The van der Waals surface area contributed by atoms with Gasteiger partial charge in [-0.05, 0) is 57.9 Å². The summed E-state index contributed by atoms with van der Waals surface area (Å²) in [5.41, 5.74) is -0.272. The summed E-state index contributed by atoms with van der Waals surface area (Å²) in [4.78, 5) is 40.8. The maximum Gasteiger partial charge on any atom is 0.260 e. The van der Waals surface area contributed by atoms with Gasteiger partial charge in [-0.1, -0.05) is 11.6 Å². The summed E-state index contributed by atoms with van der Waals surface area (Å²) < 4.78 is 5.53. The van der Waals surface area contributed by atoms with Gasteiger partial charge in [0.2, 0.25) is 11.8 Å². The van der Waals surface area contributed by atoms with Crippen LogP contribution in [0, 0.1) is 5.92 Å². The Hall–Kier alpha value is -2.28. The van der Waals surface area contributed by atoms with E-state index in [4.69, 9.17) is 16.3 Å². The molecule has 1 N–H and O–H groups in total. The predicted octanol–water partition coefficient (Wildman–Crippen LogP) is 2.47. The van der Waals surface area contributed by atoms with Gasteiger partial charge in [0.05, 0.1) is 5.92 Å². The summed E-state index contributed by atoms with van der Waals surface area (Å²) in [6.45, 7) is 7.54. The fourth-order valence-corrected chi connectivity index (χ4v) is 4.02. The van der Waals surface area contributed by atoms with Gasteiger partial charge in [0.15, 0.2) is 6.61 Å². The molecule has 30 heavy (non-hydrogen) atoms. The van der Waals surface area contributed by atoms with Gasteiger partial charge in [-0.25, -0.2) is 0 Å². The molecule has 7 nitrogen and oxygen atoms in total. The number of amides is 3. The zero-order valence-electron chi connectivity index (χ0n) is 17.8. The predicted molar refractivity (Wildman–Crippen MR) is 114 cm³/mol. The van der Waals surface area contributed by atoms with Crippen LogP contribution < -0.4 is 10.1 Å². The molecule has 1 unspecified atom stereocenters. The first kappa shape index (κ1) is 22.4. The number of nitrogens with one attached hydrogen (secondary N) is 1. The normalized spacial score (nSPS) is 20.4. The monoisotopic (exact) mass is 435 g/mol. The Morgan fingerprint density at radius 3 is 2.37 bits per heavy atom.